The Bertz CT molecular complexity index is 651. The van der Waals surface area contributed by atoms with E-state index < -0.39 is 0 Å². The van der Waals surface area contributed by atoms with Gasteiger partial charge in [-0.3, -0.25) is 4.79 Å². The number of carbonyl (C=O) groups is 1. The van der Waals surface area contributed by atoms with Crippen LogP contribution in [0.1, 0.15) is 35.7 Å². The third kappa shape index (κ3) is 3.39. The smallest absolute Gasteiger partial charge is 0.255 e. The van der Waals surface area contributed by atoms with Crippen LogP contribution in [-0.2, 0) is 0 Å². The molecule has 0 aliphatic rings. The maximum Gasteiger partial charge on any atom is 0.255 e. The first kappa shape index (κ1) is 15.9. The van der Waals surface area contributed by atoms with Gasteiger partial charge >= 0.3 is 0 Å². The molecule has 0 fully saturated rings. The van der Waals surface area contributed by atoms with Crippen LogP contribution in [0, 0.1) is 0 Å². The van der Waals surface area contributed by atoms with E-state index in [1.54, 1.807) is 32.4 Å². The van der Waals surface area contributed by atoms with Crippen molar-refractivity contribution >= 4 is 11.6 Å². The molecule has 0 saturated carbocycles. The Labute approximate surface area is 131 Å². The zero-order valence-corrected chi connectivity index (χ0v) is 13.3. The highest BCUT2D eigenvalue weighted by Gasteiger charge is 2.16. The monoisotopic (exact) mass is 299 g/mol. The maximum atomic E-state index is 12.3. The van der Waals surface area contributed by atoms with Crippen LogP contribution in [0.5, 0.6) is 11.5 Å². The van der Waals surface area contributed by atoms with Crippen molar-refractivity contribution in [1.82, 2.24) is 0 Å². The molecule has 116 valence electrons. The average molecular weight is 299 g/mol. The fourth-order valence-electron chi connectivity index (χ4n) is 2.25. The standard InChI is InChI=1S/C18H21NO3/c1-12(2)14-10-17(22-4)15(11-16(14)21-3)19-18(20)13-8-6-5-7-9-13/h5-12H,1-4H3,(H,19,20). The molecule has 0 atom stereocenters. The molecule has 1 N–H and O–H groups in total. The SMILES string of the molecule is COc1cc(C(C)C)c(OC)cc1NC(=O)c1ccccc1. The highest BCUT2D eigenvalue weighted by molar-refractivity contribution is 6.05. The highest BCUT2D eigenvalue weighted by Crippen LogP contribution is 2.36. The fourth-order valence-corrected chi connectivity index (χ4v) is 2.25. The van der Waals surface area contributed by atoms with Crippen molar-refractivity contribution < 1.29 is 14.3 Å². The molecule has 0 unspecified atom stereocenters. The number of methoxy groups -OCH3 is 2. The van der Waals surface area contributed by atoms with Gasteiger partial charge in [-0.05, 0) is 24.1 Å². The lowest BCUT2D eigenvalue weighted by molar-refractivity contribution is 0.102. The predicted octanol–water partition coefficient (Wildman–Crippen LogP) is 4.08. The Morgan fingerprint density at radius 3 is 2.18 bits per heavy atom. The van der Waals surface area contributed by atoms with Crippen LogP contribution in [0.15, 0.2) is 42.5 Å². The van der Waals surface area contributed by atoms with Gasteiger partial charge in [-0.15, -0.1) is 0 Å². The van der Waals surface area contributed by atoms with E-state index in [1.165, 1.54) is 0 Å². The number of hydrogen-bond donors (Lipinski definition) is 1. The minimum absolute atomic E-state index is 0.182. The zero-order valence-electron chi connectivity index (χ0n) is 13.3. The third-order valence-electron chi connectivity index (χ3n) is 3.46. The summed E-state index contributed by atoms with van der Waals surface area (Å²) in [6.07, 6.45) is 0. The molecule has 2 aromatic rings. The molecule has 22 heavy (non-hydrogen) atoms. The van der Waals surface area contributed by atoms with Crippen molar-refractivity contribution in [1.29, 1.82) is 0 Å². The second kappa shape index (κ2) is 6.98. The first-order valence-electron chi connectivity index (χ1n) is 7.19. The van der Waals surface area contributed by atoms with Crippen LogP contribution in [0.2, 0.25) is 0 Å². The minimum Gasteiger partial charge on any atom is -0.496 e. The first-order valence-corrected chi connectivity index (χ1v) is 7.19. The Kier molecular flexibility index (Phi) is 5.04. The van der Waals surface area contributed by atoms with E-state index in [1.807, 2.05) is 24.3 Å². The summed E-state index contributed by atoms with van der Waals surface area (Å²) < 4.78 is 10.8. The summed E-state index contributed by atoms with van der Waals surface area (Å²) in [5.41, 5.74) is 2.23. The Morgan fingerprint density at radius 2 is 1.64 bits per heavy atom. The van der Waals surface area contributed by atoms with Crippen molar-refractivity contribution in [2.45, 2.75) is 19.8 Å². The second-order valence-electron chi connectivity index (χ2n) is 5.27. The largest absolute Gasteiger partial charge is 0.496 e. The lowest BCUT2D eigenvalue weighted by atomic mass is 10.0. The molecule has 0 aliphatic heterocycles. The molecule has 4 nitrogen and oxygen atoms in total. The predicted molar refractivity (Wildman–Crippen MR) is 88.0 cm³/mol. The minimum atomic E-state index is -0.182. The number of ether oxygens (including phenoxy) is 2. The van der Waals surface area contributed by atoms with Crippen LogP contribution in [0.4, 0.5) is 5.69 Å². The number of anilines is 1. The molecular weight excluding hydrogens is 278 g/mol. The van der Waals surface area contributed by atoms with Gasteiger partial charge < -0.3 is 14.8 Å². The molecule has 1 amide bonds. The molecule has 0 heterocycles. The quantitative estimate of drug-likeness (QED) is 0.905. The number of hydrogen-bond acceptors (Lipinski definition) is 3. The highest BCUT2D eigenvalue weighted by atomic mass is 16.5. The van der Waals surface area contributed by atoms with E-state index in [9.17, 15) is 4.79 Å². The van der Waals surface area contributed by atoms with Crippen LogP contribution in [-0.4, -0.2) is 20.1 Å². The van der Waals surface area contributed by atoms with Gasteiger partial charge in [0.15, 0.2) is 0 Å². The molecule has 0 bridgehead atoms. The van der Waals surface area contributed by atoms with Gasteiger partial charge in [-0.1, -0.05) is 32.0 Å². The molecule has 0 spiro atoms. The summed E-state index contributed by atoms with van der Waals surface area (Å²) in [6, 6.07) is 12.8. The van der Waals surface area contributed by atoms with Crippen LogP contribution < -0.4 is 14.8 Å². The number of nitrogens with one attached hydrogen (secondary N) is 1. The molecule has 2 aromatic carbocycles. The number of benzene rings is 2. The average Bonchev–Trinajstić information content (AvgIpc) is 2.54. The summed E-state index contributed by atoms with van der Waals surface area (Å²) in [7, 11) is 3.21. The molecule has 0 radical (unpaired) electrons. The van der Waals surface area contributed by atoms with E-state index in [2.05, 4.69) is 19.2 Å². The summed E-state index contributed by atoms with van der Waals surface area (Å²) >= 11 is 0. The van der Waals surface area contributed by atoms with Crippen LogP contribution in [0.25, 0.3) is 0 Å². The summed E-state index contributed by atoms with van der Waals surface area (Å²) in [6.45, 7) is 4.17. The van der Waals surface area contributed by atoms with Crippen LogP contribution >= 0.6 is 0 Å². The topological polar surface area (TPSA) is 47.6 Å². The van der Waals surface area contributed by atoms with Gasteiger partial charge in [-0.2, -0.15) is 0 Å². The summed E-state index contributed by atoms with van der Waals surface area (Å²) in [4.78, 5) is 12.3. The Balaban J connectivity index is 2.36. The molecule has 0 saturated heterocycles. The third-order valence-corrected chi connectivity index (χ3v) is 3.46. The summed E-state index contributed by atoms with van der Waals surface area (Å²) in [5.74, 6) is 1.47. The molecule has 0 aromatic heterocycles. The Hall–Kier alpha value is -2.49. The van der Waals surface area contributed by atoms with Crippen molar-refractivity contribution in [3.8, 4) is 11.5 Å². The first-order chi connectivity index (χ1) is 10.6. The van der Waals surface area contributed by atoms with Gasteiger partial charge in [0.2, 0.25) is 0 Å². The molecule has 4 heteroatoms. The van der Waals surface area contributed by atoms with E-state index in [4.69, 9.17) is 9.47 Å². The zero-order chi connectivity index (χ0) is 16.1. The van der Waals surface area contributed by atoms with E-state index in [-0.39, 0.29) is 5.91 Å². The molecule has 0 aliphatic carbocycles. The lowest BCUT2D eigenvalue weighted by Gasteiger charge is -2.17. The summed E-state index contributed by atoms with van der Waals surface area (Å²) in [5, 5.41) is 2.87. The van der Waals surface area contributed by atoms with Crippen molar-refractivity contribution in [2.75, 3.05) is 19.5 Å². The van der Waals surface area contributed by atoms with Crippen molar-refractivity contribution in [2.24, 2.45) is 0 Å². The van der Waals surface area contributed by atoms with E-state index >= 15 is 0 Å². The van der Waals surface area contributed by atoms with Gasteiger partial charge in [0.05, 0.1) is 19.9 Å². The molecule has 2 rings (SSSR count). The van der Waals surface area contributed by atoms with E-state index in [0.717, 1.165) is 11.3 Å². The van der Waals surface area contributed by atoms with Gasteiger partial charge in [0.25, 0.3) is 5.91 Å². The van der Waals surface area contributed by atoms with E-state index in [0.29, 0.717) is 22.9 Å². The van der Waals surface area contributed by atoms with Gasteiger partial charge in [-0.25, -0.2) is 0 Å². The fraction of sp³-hybridized carbons (Fsp3) is 0.278. The number of amides is 1. The lowest BCUT2D eigenvalue weighted by Crippen LogP contribution is -2.13. The van der Waals surface area contributed by atoms with Crippen molar-refractivity contribution in [3.63, 3.8) is 0 Å². The Morgan fingerprint density at radius 1 is 1.00 bits per heavy atom. The number of rotatable bonds is 5. The maximum absolute atomic E-state index is 12.3. The number of carbonyl (C=O) groups excluding carboxylic acids is 1. The van der Waals surface area contributed by atoms with Crippen molar-refractivity contribution in [3.05, 3.63) is 53.6 Å². The van der Waals surface area contributed by atoms with Gasteiger partial charge in [0.1, 0.15) is 11.5 Å². The molecular formula is C18H21NO3. The van der Waals surface area contributed by atoms with Gasteiger partial charge in [0, 0.05) is 17.2 Å². The second-order valence-corrected chi connectivity index (χ2v) is 5.27. The van der Waals surface area contributed by atoms with Crippen LogP contribution in [0.3, 0.4) is 0 Å². The normalized spacial score (nSPS) is 10.4.